The van der Waals surface area contributed by atoms with Gasteiger partial charge in [-0.05, 0) is 44.9 Å². The molecule has 1 heterocycles. The third-order valence-corrected chi connectivity index (χ3v) is 3.94. The number of furan rings is 1. The molecule has 0 N–H and O–H groups in total. The number of benzene rings is 3. The number of para-hydroxylation sites is 1. The average Bonchev–Trinajstić information content (AvgIpc) is 2.76. The highest BCUT2D eigenvalue weighted by Gasteiger charge is 2.09. The second kappa shape index (κ2) is 3.59. The largest absolute Gasteiger partial charge is 0.455 e. The van der Waals surface area contributed by atoms with Crippen molar-refractivity contribution in [3.63, 3.8) is 0 Å². The van der Waals surface area contributed by atoms with E-state index in [0.717, 1.165) is 21.0 Å². The van der Waals surface area contributed by atoms with E-state index in [1.54, 1.807) is 0 Å². The number of hydrogen-bond acceptors (Lipinski definition) is 1. The Morgan fingerprint density at radius 1 is 0.778 bits per heavy atom. The quantitative estimate of drug-likeness (QED) is 0.417. The van der Waals surface area contributed by atoms with Crippen LogP contribution in [-0.4, -0.2) is 0 Å². The molecule has 0 saturated carbocycles. The molecule has 3 aromatic carbocycles. The molecule has 1 nitrogen and oxygen atoms in total. The molecule has 0 fully saturated rings. The second-order valence-electron chi connectivity index (χ2n) is 4.41. The van der Waals surface area contributed by atoms with Crippen LogP contribution in [0, 0.1) is 0 Å². The van der Waals surface area contributed by atoms with Gasteiger partial charge < -0.3 is 4.42 Å². The lowest BCUT2D eigenvalue weighted by atomic mass is 10.1. The van der Waals surface area contributed by atoms with Gasteiger partial charge in [-0.2, -0.15) is 0 Å². The van der Waals surface area contributed by atoms with Crippen LogP contribution in [-0.2, 0) is 0 Å². The average molecular weight is 297 g/mol. The molecule has 0 amide bonds. The Morgan fingerprint density at radius 3 is 2.39 bits per heavy atom. The first-order valence-electron chi connectivity index (χ1n) is 5.82. The van der Waals surface area contributed by atoms with Gasteiger partial charge in [0, 0.05) is 10.8 Å². The van der Waals surface area contributed by atoms with Crippen LogP contribution in [0.2, 0.25) is 0 Å². The molecule has 86 valence electrons. The van der Waals surface area contributed by atoms with Crippen LogP contribution in [0.4, 0.5) is 0 Å². The van der Waals surface area contributed by atoms with Crippen molar-refractivity contribution in [1.29, 1.82) is 0 Å². The molecule has 0 unspecified atom stereocenters. The van der Waals surface area contributed by atoms with E-state index in [-0.39, 0.29) is 0 Å². The number of halogens is 1. The Balaban J connectivity index is 2.27. The molecule has 18 heavy (non-hydrogen) atoms. The van der Waals surface area contributed by atoms with Crippen molar-refractivity contribution in [2.24, 2.45) is 0 Å². The fraction of sp³-hybridized carbons (Fsp3) is 0. The summed E-state index contributed by atoms with van der Waals surface area (Å²) in [6.07, 6.45) is 0. The molecular formula is C16H9BrO. The molecule has 0 bridgehead atoms. The molecule has 0 atom stereocenters. The van der Waals surface area contributed by atoms with E-state index < -0.39 is 0 Å². The smallest absolute Gasteiger partial charge is 0.149 e. The Morgan fingerprint density at radius 2 is 1.56 bits per heavy atom. The fourth-order valence-corrected chi connectivity index (χ4v) is 2.90. The summed E-state index contributed by atoms with van der Waals surface area (Å²) in [5.74, 6) is 0. The lowest BCUT2D eigenvalue weighted by Crippen LogP contribution is -1.72. The van der Waals surface area contributed by atoms with Crippen LogP contribution in [0.15, 0.2) is 63.5 Å². The molecule has 4 rings (SSSR count). The summed E-state index contributed by atoms with van der Waals surface area (Å²) in [4.78, 5) is 0. The van der Waals surface area contributed by atoms with E-state index in [1.165, 1.54) is 16.2 Å². The summed E-state index contributed by atoms with van der Waals surface area (Å²) in [5.41, 5.74) is 1.86. The second-order valence-corrected chi connectivity index (χ2v) is 5.27. The highest BCUT2D eigenvalue weighted by Crippen LogP contribution is 2.35. The summed E-state index contributed by atoms with van der Waals surface area (Å²) >= 11 is 3.54. The lowest BCUT2D eigenvalue weighted by molar-refractivity contribution is 0.667. The SMILES string of the molecule is Brc1cccc2c1oc1cc3ccccc3cc12. The monoisotopic (exact) mass is 296 g/mol. The minimum atomic E-state index is 0.919. The van der Waals surface area contributed by atoms with Crippen LogP contribution < -0.4 is 0 Å². The van der Waals surface area contributed by atoms with Gasteiger partial charge in [-0.1, -0.05) is 36.4 Å². The summed E-state index contributed by atoms with van der Waals surface area (Å²) in [5, 5.41) is 4.78. The lowest BCUT2D eigenvalue weighted by Gasteiger charge is -1.96. The summed E-state index contributed by atoms with van der Waals surface area (Å²) < 4.78 is 6.94. The standard InChI is InChI=1S/C16H9BrO/c17-14-7-3-6-12-13-8-10-4-1-2-5-11(10)9-15(13)18-16(12)14/h1-9H. The maximum atomic E-state index is 5.94. The Kier molecular flexibility index (Phi) is 2.03. The zero-order chi connectivity index (χ0) is 12.1. The topological polar surface area (TPSA) is 13.1 Å². The van der Waals surface area contributed by atoms with Gasteiger partial charge in [0.1, 0.15) is 11.2 Å². The number of hydrogen-bond donors (Lipinski definition) is 0. The molecule has 0 radical (unpaired) electrons. The van der Waals surface area contributed by atoms with E-state index in [0.29, 0.717) is 0 Å². The highest BCUT2D eigenvalue weighted by molar-refractivity contribution is 9.10. The molecule has 0 spiro atoms. The van der Waals surface area contributed by atoms with Crippen molar-refractivity contribution in [3.8, 4) is 0 Å². The molecule has 2 heteroatoms. The van der Waals surface area contributed by atoms with E-state index in [4.69, 9.17) is 4.42 Å². The predicted octanol–water partition coefficient (Wildman–Crippen LogP) is 5.50. The van der Waals surface area contributed by atoms with Gasteiger partial charge in [-0.15, -0.1) is 0 Å². The molecule has 0 aliphatic heterocycles. The molecule has 0 aliphatic carbocycles. The van der Waals surface area contributed by atoms with Gasteiger partial charge in [0.2, 0.25) is 0 Å². The van der Waals surface area contributed by atoms with Gasteiger partial charge in [-0.25, -0.2) is 0 Å². The van der Waals surface area contributed by atoms with Crippen molar-refractivity contribution in [2.75, 3.05) is 0 Å². The first-order chi connectivity index (χ1) is 8.83. The third-order valence-electron chi connectivity index (χ3n) is 3.32. The molecule has 0 saturated heterocycles. The van der Waals surface area contributed by atoms with Crippen molar-refractivity contribution in [2.45, 2.75) is 0 Å². The molecule has 1 aromatic heterocycles. The molecular weight excluding hydrogens is 288 g/mol. The Hall–Kier alpha value is -1.80. The van der Waals surface area contributed by atoms with Gasteiger partial charge in [0.25, 0.3) is 0 Å². The highest BCUT2D eigenvalue weighted by atomic mass is 79.9. The number of rotatable bonds is 0. The first-order valence-corrected chi connectivity index (χ1v) is 6.62. The van der Waals surface area contributed by atoms with E-state index in [1.807, 2.05) is 18.2 Å². The summed E-state index contributed by atoms with van der Waals surface area (Å²) in [7, 11) is 0. The molecule has 0 aliphatic rings. The van der Waals surface area contributed by atoms with Crippen LogP contribution in [0.1, 0.15) is 0 Å². The maximum Gasteiger partial charge on any atom is 0.149 e. The van der Waals surface area contributed by atoms with Crippen LogP contribution >= 0.6 is 15.9 Å². The Labute approximate surface area is 112 Å². The van der Waals surface area contributed by atoms with Crippen molar-refractivity contribution in [3.05, 3.63) is 59.1 Å². The van der Waals surface area contributed by atoms with Crippen molar-refractivity contribution in [1.82, 2.24) is 0 Å². The van der Waals surface area contributed by atoms with E-state index in [9.17, 15) is 0 Å². The van der Waals surface area contributed by atoms with Gasteiger partial charge in [0.15, 0.2) is 0 Å². The van der Waals surface area contributed by atoms with Gasteiger partial charge in [-0.3, -0.25) is 0 Å². The van der Waals surface area contributed by atoms with Gasteiger partial charge >= 0.3 is 0 Å². The predicted molar refractivity (Wildman–Crippen MR) is 78.9 cm³/mol. The van der Waals surface area contributed by atoms with Gasteiger partial charge in [0.05, 0.1) is 4.47 Å². The Bertz CT molecular complexity index is 889. The van der Waals surface area contributed by atoms with Crippen molar-refractivity contribution < 1.29 is 4.42 Å². The molecule has 4 aromatic rings. The number of fused-ring (bicyclic) bond motifs is 4. The van der Waals surface area contributed by atoms with Crippen LogP contribution in [0.5, 0.6) is 0 Å². The summed E-state index contributed by atoms with van der Waals surface area (Å²) in [6, 6.07) is 18.8. The first kappa shape index (κ1) is 10.2. The zero-order valence-electron chi connectivity index (χ0n) is 9.48. The van der Waals surface area contributed by atoms with E-state index >= 15 is 0 Å². The summed E-state index contributed by atoms with van der Waals surface area (Å²) in [6.45, 7) is 0. The normalized spacial score (nSPS) is 11.6. The van der Waals surface area contributed by atoms with E-state index in [2.05, 4.69) is 52.3 Å². The maximum absolute atomic E-state index is 5.94. The van der Waals surface area contributed by atoms with Crippen LogP contribution in [0.25, 0.3) is 32.7 Å². The third kappa shape index (κ3) is 1.33. The minimum Gasteiger partial charge on any atom is -0.455 e. The minimum absolute atomic E-state index is 0.919. The zero-order valence-corrected chi connectivity index (χ0v) is 11.1. The van der Waals surface area contributed by atoms with Crippen LogP contribution in [0.3, 0.4) is 0 Å². The van der Waals surface area contributed by atoms with Crippen molar-refractivity contribution >= 4 is 48.6 Å². The fourth-order valence-electron chi connectivity index (χ4n) is 2.45.